The lowest BCUT2D eigenvalue weighted by atomic mass is 10.1. The van der Waals surface area contributed by atoms with Crippen molar-refractivity contribution in [1.29, 1.82) is 5.26 Å². The summed E-state index contributed by atoms with van der Waals surface area (Å²) in [4.78, 5) is 42.6. The lowest BCUT2D eigenvalue weighted by molar-refractivity contribution is -0.384. The fourth-order valence-corrected chi connectivity index (χ4v) is 3.91. The fourth-order valence-electron chi connectivity index (χ4n) is 3.78. The second kappa shape index (κ2) is 10.9. The van der Waals surface area contributed by atoms with E-state index in [0.717, 1.165) is 0 Å². The molecule has 11 nitrogen and oxygen atoms in total. The number of halogens is 1. The third kappa shape index (κ3) is 5.57. The largest absolute Gasteiger partial charge is 0.451 e. The second-order valence-corrected chi connectivity index (χ2v) is 8.82. The number of hydrogen-bond donors (Lipinski definition) is 3. The number of nitro groups is 1. The second-order valence-electron chi connectivity index (χ2n) is 8.38. The fraction of sp³-hybridized carbons (Fsp3) is 0. The number of aromatic amines is 1. The molecule has 5 aromatic rings. The summed E-state index contributed by atoms with van der Waals surface area (Å²) in [7, 11) is 0. The first-order chi connectivity index (χ1) is 19.3. The van der Waals surface area contributed by atoms with E-state index in [1.807, 2.05) is 6.07 Å². The summed E-state index contributed by atoms with van der Waals surface area (Å²) in [5, 5.41) is 26.6. The Balaban J connectivity index is 1.33. The van der Waals surface area contributed by atoms with Gasteiger partial charge in [0.15, 0.2) is 5.76 Å². The van der Waals surface area contributed by atoms with Crippen LogP contribution in [0.1, 0.15) is 16.1 Å². The van der Waals surface area contributed by atoms with Gasteiger partial charge in [0.25, 0.3) is 17.2 Å². The van der Waals surface area contributed by atoms with Gasteiger partial charge in [-0.25, -0.2) is 4.98 Å². The maximum Gasteiger partial charge on any atom is 0.291 e. The van der Waals surface area contributed by atoms with Crippen molar-refractivity contribution in [2.45, 2.75) is 0 Å². The third-order valence-electron chi connectivity index (χ3n) is 5.75. The quantitative estimate of drug-likeness (QED) is 0.160. The molecule has 196 valence electrons. The summed E-state index contributed by atoms with van der Waals surface area (Å²) < 4.78 is 5.63. The van der Waals surface area contributed by atoms with Gasteiger partial charge in [-0.15, -0.1) is 0 Å². The summed E-state index contributed by atoms with van der Waals surface area (Å²) in [5.74, 6) is 0.0453. The van der Waals surface area contributed by atoms with Gasteiger partial charge in [-0.1, -0.05) is 23.7 Å². The number of anilines is 3. The zero-order valence-electron chi connectivity index (χ0n) is 20.3. The highest BCUT2D eigenvalue weighted by molar-refractivity contribution is 6.30. The highest BCUT2D eigenvalue weighted by Crippen LogP contribution is 2.26. The van der Waals surface area contributed by atoms with Gasteiger partial charge in [-0.3, -0.25) is 24.7 Å². The van der Waals surface area contributed by atoms with E-state index in [0.29, 0.717) is 33.3 Å². The molecule has 0 atom stereocenters. The minimum absolute atomic E-state index is 0.0402. The van der Waals surface area contributed by atoms with Crippen molar-refractivity contribution in [2.24, 2.45) is 0 Å². The van der Waals surface area contributed by atoms with E-state index >= 15 is 0 Å². The summed E-state index contributed by atoms with van der Waals surface area (Å²) in [6.45, 7) is 0. The summed E-state index contributed by atoms with van der Waals surface area (Å²) >= 11 is 5.92. The monoisotopic (exact) mass is 552 g/mol. The van der Waals surface area contributed by atoms with Gasteiger partial charge >= 0.3 is 0 Å². The zero-order valence-corrected chi connectivity index (χ0v) is 21.1. The Hall–Kier alpha value is -5.73. The van der Waals surface area contributed by atoms with Crippen molar-refractivity contribution in [3.8, 4) is 28.7 Å². The molecule has 0 bridgehead atoms. The Morgan fingerprint density at radius 3 is 2.25 bits per heavy atom. The smallest absolute Gasteiger partial charge is 0.291 e. The molecule has 2 heterocycles. The third-order valence-corrected chi connectivity index (χ3v) is 6.00. The van der Waals surface area contributed by atoms with E-state index in [-0.39, 0.29) is 28.7 Å². The number of carbonyl (C=O) groups is 1. The Morgan fingerprint density at radius 2 is 1.60 bits per heavy atom. The van der Waals surface area contributed by atoms with Crippen molar-refractivity contribution in [1.82, 2.24) is 9.97 Å². The number of furan rings is 1. The number of hydrogen-bond acceptors (Lipinski definition) is 8. The molecule has 0 aliphatic carbocycles. The molecule has 0 radical (unpaired) electrons. The Bertz CT molecular complexity index is 1820. The van der Waals surface area contributed by atoms with Crippen LogP contribution in [0.5, 0.6) is 0 Å². The van der Waals surface area contributed by atoms with Crippen LogP contribution in [0.4, 0.5) is 23.0 Å². The summed E-state index contributed by atoms with van der Waals surface area (Å²) in [6.07, 6.45) is 0. The van der Waals surface area contributed by atoms with E-state index in [9.17, 15) is 25.0 Å². The first-order valence-corrected chi connectivity index (χ1v) is 12.0. The standard InChI is InChI=1S/C28H17ClN6O5/c29-18-5-9-20(10-6-18)32-28-33-25(22(15-30)26(36)34-28)17-1-7-19(8-2-17)31-27(37)24-14-13-23(40-24)16-3-11-21(12-4-16)35(38)39/h1-14H,(H,31,37)(H2,32,33,34,36). The molecule has 0 aliphatic rings. The number of nitrogens with one attached hydrogen (secondary N) is 3. The van der Waals surface area contributed by atoms with Crippen molar-refractivity contribution in [3.63, 3.8) is 0 Å². The number of benzene rings is 3. The Labute approximate surface area is 230 Å². The van der Waals surface area contributed by atoms with Gasteiger partial charge in [-0.2, -0.15) is 5.26 Å². The topological polar surface area (TPSA) is 167 Å². The van der Waals surface area contributed by atoms with E-state index < -0.39 is 16.4 Å². The molecule has 0 aliphatic heterocycles. The molecule has 1 amide bonds. The number of nitro benzene ring substituents is 1. The molecule has 12 heteroatoms. The predicted octanol–water partition coefficient (Wildman–Crippen LogP) is 6.13. The number of carbonyl (C=O) groups excluding carboxylic acids is 1. The minimum atomic E-state index is -0.608. The van der Waals surface area contributed by atoms with Crippen molar-refractivity contribution in [3.05, 3.63) is 122 Å². The molecule has 0 saturated heterocycles. The number of rotatable bonds is 7. The van der Waals surface area contributed by atoms with Gasteiger partial charge in [0.05, 0.1) is 10.6 Å². The zero-order chi connectivity index (χ0) is 28.2. The van der Waals surface area contributed by atoms with Crippen molar-refractivity contribution < 1.29 is 14.1 Å². The lowest BCUT2D eigenvalue weighted by Crippen LogP contribution is -2.16. The van der Waals surface area contributed by atoms with Crippen LogP contribution in [0.25, 0.3) is 22.6 Å². The van der Waals surface area contributed by atoms with E-state index in [2.05, 4.69) is 20.6 Å². The average Bonchev–Trinajstić information content (AvgIpc) is 3.45. The highest BCUT2D eigenvalue weighted by atomic mass is 35.5. The van der Waals surface area contributed by atoms with Crippen LogP contribution >= 0.6 is 11.6 Å². The molecule has 2 aromatic heterocycles. The molecule has 0 fully saturated rings. The van der Waals surface area contributed by atoms with E-state index in [1.165, 1.54) is 30.3 Å². The normalized spacial score (nSPS) is 10.5. The molecule has 3 aromatic carbocycles. The van der Waals surface area contributed by atoms with Crippen LogP contribution in [-0.4, -0.2) is 20.8 Å². The first kappa shape index (κ1) is 25.9. The molecule has 0 spiro atoms. The van der Waals surface area contributed by atoms with E-state index in [1.54, 1.807) is 54.6 Å². The molecular formula is C28H17ClN6O5. The minimum Gasteiger partial charge on any atom is -0.451 e. The van der Waals surface area contributed by atoms with Crippen LogP contribution in [0.15, 0.2) is 94.1 Å². The lowest BCUT2D eigenvalue weighted by Gasteiger charge is -2.10. The maximum atomic E-state index is 12.7. The van der Waals surface area contributed by atoms with Crippen LogP contribution in [0.2, 0.25) is 5.02 Å². The van der Waals surface area contributed by atoms with E-state index in [4.69, 9.17) is 16.0 Å². The van der Waals surface area contributed by atoms with Crippen LogP contribution in [0.3, 0.4) is 0 Å². The average molecular weight is 553 g/mol. The highest BCUT2D eigenvalue weighted by Gasteiger charge is 2.16. The molecule has 3 N–H and O–H groups in total. The van der Waals surface area contributed by atoms with Crippen molar-refractivity contribution in [2.75, 3.05) is 10.6 Å². The number of nitrogens with zero attached hydrogens (tertiary/aromatic N) is 3. The molecular weight excluding hydrogens is 536 g/mol. The van der Waals surface area contributed by atoms with Crippen LogP contribution < -0.4 is 16.2 Å². The van der Waals surface area contributed by atoms with Crippen LogP contribution in [-0.2, 0) is 0 Å². The van der Waals surface area contributed by atoms with Gasteiger partial charge in [0.1, 0.15) is 17.4 Å². The molecule has 0 saturated carbocycles. The summed E-state index contributed by atoms with van der Waals surface area (Å²) in [6, 6.07) is 24.0. The number of H-pyrrole nitrogens is 1. The molecule has 0 unspecified atom stereocenters. The SMILES string of the molecule is N#Cc1c(-c2ccc(NC(=O)c3ccc(-c4ccc([N+](=O)[O-])cc4)o3)cc2)nc(Nc2ccc(Cl)cc2)[nH]c1=O. The van der Waals surface area contributed by atoms with Gasteiger partial charge in [0.2, 0.25) is 5.95 Å². The van der Waals surface area contributed by atoms with Gasteiger partial charge < -0.3 is 15.1 Å². The molecule has 5 rings (SSSR count). The first-order valence-electron chi connectivity index (χ1n) is 11.6. The maximum absolute atomic E-state index is 12.7. The van der Waals surface area contributed by atoms with Gasteiger partial charge in [0, 0.05) is 39.7 Å². The number of non-ortho nitro benzene ring substituents is 1. The van der Waals surface area contributed by atoms with Crippen LogP contribution in [0, 0.1) is 21.4 Å². The Kier molecular flexibility index (Phi) is 7.08. The predicted molar refractivity (Wildman–Crippen MR) is 148 cm³/mol. The Morgan fingerprint density at radius 1 is 0.950 bits per heavy atom. The molecule has 40 heavy (non-hydrogen) atoms. The number of aromatic nitrogens is 2. The van der Waals surface area contributed by atoms with Gasteiger partial charge in [-0.05, 0) is 60.7 Å². The van der Waals surface area contributed by atoms with Crippen molar-refractivity contribution >= 4 is 40.5 Å². The number of amides is 1. The number of nitriles is 1. The summed E-state index contributed by atoms with van der Waals surface area (Å²) in [5.41, 5.74) is 1.48.